The van der Waals surface area contributed by atoms with Gasteiger partial charge < -0.3 is 10.2 Å². The number of rotatable bonds is 14. The predicted molar refractivity (Wildman–Crippen MR) is 289 cm³/mol. The van der Waals surface area contributed by atoms with Gasteiger partial charge in [-0.15, -0.1) is 0 Å². The maximum atomic E-state index is 13.3. The second-order valence-corrected chi connectivity index (χ2v) is 25.3. The van der Waals surface area contributed by atoms with E-state index in [1.54, 1.807) is 77.8 Å². The van der Waals surface area contributed by atoms with Gasteiger partial charge in [-0.25, -0.2) is 37.9 Å². The lowest BCUT2D eigenvalue weighted by atomic mass is 10.2. The Morgan fingerprint density at radius 3 is 1.61 bits per heavy atom. The molecule has 66 heavy (non-hydrogen) atoms. The molecular weight excluding hydrogens is 1230 g/mol. The number of halogens is 4. The van der Waals surface area contributed by atoms with E-state index in [1.165, 1.54) is 38.2 Å². The molecule has 2 aliphatic heterocycles. The lowest BCUT2D eigenvalue weighted by molar-refractivity contribution is 0.244. The van der Waals surface area contributed by atoms with Crippen LogP contribution in [-0.4, -0.2) is 79.8 Å². The first-order chi connectivity index (χ1) is 32.9. The summed E-state index contributed by atoms with van der Waals surface area (Å²) in [6, 6.07) is 32.2. The van der Waals surface area contributed by atoms with Crippen LogP contribution in [-0.2, 0) is 58.0 Å². The summed E-state index contributed by atoms with van der Waals surface area (Å²) in [6.07, 6.45) is 3.16. The van der Waals surface area contributed by atoms with Gasteiger partial charge in [0.25, 0.3) is 0 Å². The number of urea groups is 2. The highest BCUT2D eigenvalue weighted by molar-refractivity contribution is 14.2. The molecule has 4 aromatic carbocycles. The third kappa shape index (κ3) is 14.5. The Morgan fingerprint density at radius 1 is 0.682 bits per heavy atom. The molecule has 0 bridgehead atoms. The number of thioether (sulfide) groups is 1. The van der Waals surface area contributed by atoms with Crippen molar-refractivity contribution in [2.75, 3.05) is 45.9 Å². The number of carbonyl (C=O) groups is 2. The van der Waals surface area contributed by atoms with E-state index < -0.39 is 15.9 Å². The summed E-state index contributed by atoms with van der Waals surface area (Å²) in [4.78, 5) is 51.8. The van der Waals surface area contributed by atoms with E-state index in [-0.39, 0.29) is 55.6 Å². The molecule has 2 N–H and O–H groups in total. The summed E-state index contributed by atoms with van der Waals surface area (Å²) < 4.78 is 39.8. The molecule has 0 saturated carbocycles. The molecular formula is C42H38Cl2I2N8O6P2S4. The SMILES string of the molecule is S=PI.S=PI.[3H]OCCN1C(=O)N(c2ccccc2Cl)Cc2cnc(S(=O)(=O)Cc3ccccc3)nc21.[3H]OCCN1C(=O)N(c2ccccc2Cl)Cc2cnc(SCc3ccccc3)nc21. The van der Waals surface area contributed by atoms with Crippen molar-refractivity contribution in [3.8, 4) is 0 Å². The summed E-state index contributed by atoms with van der Waals surface area (Å²) in [7, 11) is -3.84. The zero-order valence-corrected chi connectivity index (χ0v) is 45.2. The molecule has 8 rings (SSSR count). The zero-order valence-electron chi connectivity index (χ0n) is 36.3. The number of benzene rings is 4. The Kier molecular flexibility index (Phi) is 20.9. The monoisotopic (exact) mass is 1270 g/mol. The summed E-state index contributed by atoms with van der Waals surface area (Å²) in [5.74, 6) is 1.19. The van der Waals surface area contributed by atoms with E-state index in [2.05, 4.69) is 97.8 Å². The van der Waals surface area contributed by atoms with Crippen LogP contribution < -0.4 is 19.6 Å². The number of carbonyl (C=O) groups excluding carboxylic acids is 2. The number of aliphatic hydroxyl groups is 2. The predicted octanol–water partition coefficient (Wildman–Crippen LogP) is 10.9. The summed E-state index contributed by atoms with van der Waals surface area (Å²) in [6.45, 7) is 0.631. The molecule has 2 aromatic heterocycles. The van der Waals surface area contributed by atoms with Gasteiger partial charge >= 0.3 is 12.1 Å². The van der Waals surface area contributed by atoms with E-state index in [0.29, 0.717) is 50.1 Å². The van der Waals surface area contributed by atoms with Crippen molar-refractivity contribution < 1.29 is 28.2 Å². The Bertz CT molecular complexity index is 2780. The Morgan fingerprint density at radius 2 is 1.12 bits per heavy atom. The van der Waals surface area contributed by atoms with Gasteiger partial charge in [0.05, 0.1) is 66.6 Å². The highest BCUT2D eigenvalue weighted by atomic mass is 127. The Hall–Kier alpha value is -3.12. The number of β-amino-alcohol motifs (C(OH)–C–C–N with tert-alkyl or cyclic N) is 2. The number of fused-ring (bicyclic) bond motifs is 2. The topological polar surface area (TPSA) is 173 Å². The van der Waals surface area contributed by atoms with Gasteiger partial charge in [0.1, 0.15) is 11.6 Å². The molecule has 4 heterocycles. The molecule has 0 fully saturated rings. The van der Waals surface area contributed by atoms with Crippen LogP contribution in [0.4, 0.5) is 32.6 Å². The maximum Gasteiger partial charge on any atom is 0.330 e. The van der Waals surface area contributed by atoms with Crippen LogP contribution in [0.2, 0.25) is 10.0 Å². The Labute approximate surface area is 439 Å². The number of hydrogen-bond acceptors (Lipinski definition) is 13. The van der Waals surface area contributed by atoms with Gasteiger partial charge in [-0.2, -0.15) is 0 Å². The third-order valence-electron chi connectivity index (χ3n) is 9.34. The number of hydrogen-bond donors (Lipinski definition) is 2. The highest BCUT2D eigenvalue weighted by Crippen LogP contribution is 2.36. The molecule has 344 valence electrons. The first-order valence-corrected chi connectivity index (χ1v) is 32.0. The van der Waals surface area contributed by atoms with Crippen molar-refractivity contribution in [3.63, 3.8) is 0 Å². The first-order valence-electron chi connectivity index (χ1n) is 20.1. The molecule has 0 spiro atoms. The van der Waals surface area contributed by atoms with Crippen LogP contribution in [0.25, 0.3) is 0 Å². The van der Waals surface area contributed by atoms with Crippen molar-refractivity contribution in [2.24, 2.45) is 0 Å². The summed E-state index contributed by atoms with van der Waals surface area (Å²) in [5.41, 5.74) is 4.26. The van der Waals surface area contributed by atoms with E-state index in [0.717, 1.165) is 21.3 Å². The van der Waals surface area contributed by atoms with Gasteiger partial charge in [0.15, 0.2) is 5.16 Å². The molecule has 0 aliphatic carbocycles. The lowest BCUT2D eigenvalue weighted by Crippen LogP contribution is -2.49. The molecule has 24 heteroatoms. The minimum absolute atomic E-state index is 0.00543. The number of nitrogens with zero attached hydrogens (tertiary/aromatic N) is 8. The maximum absolute atomic E-state index is 13.3. The highest BCUT2D eigenvalue weighted by Gasteiger charge is 2.36. The van der Waals surface area contributed by atoms with Crippen molar-refractivity contribution in [1.29, 1.82) is 2.86 Å². The Balaban J connectivity index is 0.000000228. The molecule has 4 amide bonds. The fraction of sp³-hybridized carbons (Fsp3) is 0.190. The van der Waals surface area contributed by atoms with E-state index in [1.807, 2.05) is 42.5 Å². The smallest absolute Gasteiger partial charge is 0.330 e. The lowest BCUT2D eigenvalue weighted by Gasteiger charge is -2.36. The average molecular weight is 1270 g/mol. The van der Waals surface area contributed by atoms with Crippen LogP contribution in [0.5, 0.6) is 0 Å². The fourth-order valence-electron chi connectivity index (χ4n) is 6.51. The van der Waals surface area contributed by atoms with Crippen LogP contribution in [0, 0.1) is 0 Å². The normalized spacial score (nSPS) is 13.5. The van der Waals surface area contributed by atoms with Gasteiger partial charge in [-0.1, -0.05) is 120 Å². The van der Waals surface area contributed by atoms with Gasteiger partial charge in [-0.05, 0) is 103 Å². The van der Waals surface area contributed by atoms with Gasteiger partial charge in [-0.3, -0.25) is 19.6 Å². The fourth-order valence-corrected chi connectivity index (χ4v) is 8.95. The second-order valence-electron chi connectivity index (χ2n) is 13.5. The molecule has 0 unspecified atom stereocenters. The number of para-hydroxylation sites is 2. The number of sulfone groups is 1. The molecule has 14 nitrogen and oxygen atoms in total. The number of amides is 4. The van der Waals surface area contributed by atoms with Gasteiger partial charge in [0, 0.05) is 39.3 Å². The molecule has 2 aliphatic rings. The van der Waals surface area contributed by atoms with E-state index in [4.69, 9.17) is 26.1 Å². The van der Waals surface area contributed by atoms with Crippen LogP contribution in [0.3, 0.4) is 0 Å². The molecule has 0 radical (unpaired) electrons. The van der Waals surface area contributed by atoms with Crippen LogP contribution >= 0.6 is 89.0 Å². The minimum atomic E-state index is -3.84. The summed E-state index contributed by atoms with van der Waals surface area (Å²) in [5, 5.41) is 9.98. The summed E-state index contributed by atoms with van der Waals surface area (Å²) >= 11 is 27.0. The third-order valence-corrected chi connectivity index (χ3v) is 12.4. The first kappa shape index (κ1) is 50.7. The number of aliphatic hydroxyl groups excluding tert-OH is 2. The largest absolute Gasteiger partial charge is 0.395 e. The van der Waals surface area contributed by atoms with E-state index >= 15 is 0 Å². The van der Waals surface area contributed by atoms with Crippen molar-refractivity contribution in [3.05, 3.63) is 154 Å². The number of anilines is 4. The molecule has 0 atom stereocenters. The average Bonchev–Trinajstić information content (AvgIpc) is 3.34. The van der Waals surface area contributed by atoms with Crippen molar-refractivity contribution >= 4 is 158 Å². The second kappa shape index (κ2) is 27.2. The minimum Gasteiger partial charge on any atom is -0.395 e. The molecule has 6 aromatic rings. The number of aromatic nitrogens is 4. The van der Waals surface area contributed by atoms with Gasteiger partial charge in [0.2, 0.25) is 17.9 Å². The quantitative estimate of drug-likeness (QED) is 0.0457. The van der Waals surface area contributed by atoms with Crippen molar-refractivity contribution in [1.82, 2.24) is 19.9 Å². The van der Waals surface area contributed by atoms with Crippen LogP contribution in [0.1, 0.15) is 22.3 Å². The van der Waals surface area contributed by atoms with Crippen molar-refractivity contribution in [2.45, 2.75) is 34.9 Å². The van der Waals surface area contributed by atoms with E-state index in [9.17, 15) is 18.0 Å². The van der Waals surface area contributed by atoms with Crippen LogP contribution in [0.15, 0.2) is 132 Å². The zero-order chi connectivity index (χ0) is 49.1. The standard InChI is InChI=1S/C21H19ClN4O4S.C21H19ClN4O2S.2IPS/c22-17-8-4-5-9-18(17)26-13-16-12-23-20(24-19(16)25(10-11-27)21(26)28)31(29,30)14-15-6-2-1-3-7-15;22-17-8-4-5-9-18(17)26-13-16-12-23-20(29-14-15-6-2-1-3-7-15)24-19(16)25(10-11-27)21(26)28;2*1-2-3/h1-9,12,27H,10-11,13-14H2;1-9,12,27H,10-11,13-14H2;;/i2*27T;;. The molecule has 0 saturated heterocycles.